The Morgan fingerprint density at radius 3 is 2.68 bits per heavy atom. The Kier molecular flexibility index (Phi) is 6.80. The van der Waals surface area contributed by atoms with E-state index in [-0.39, 0.29) is 12.5 Å². The van der Waals surface area contributed by atoms with E-state index in [4.69, 9.17) is 5.73 Å². The van der Waals surface area contributed by atoms with Gasteiger partial charge in [-0.3, -0.25) is 15.0 Å². The first kappa shape index (κ1) is 15.9. The van der Waals surface area contributed by atoms with Gasteiger partial charge in [0.2, 0.25) is 5.91 Å². The molecule has 1 aliphatic heterocycles. The third kappa shape index (κ3) is 5.57. The Labute approximate surface area is 115 Å². The van der Waals surface area contributed by atoms with Gasteiger partial charge in [-0.2, -0.15) is 0 Å². The van der Waals surface area contributed by atoms with Crippen LogP contribution in [0.15, 0.2) is 0 Å². The summed E-state index contributed by atoms with van der Waals surface area (Å²) in [4.78, 5) is 24.2. The molecule has 2 unspecified atom stereocenters. The quantitative estimate of drug-likeness (QED) is 0.647. The van der Waals surface area contributed by atoms with Gasteiger partial charge in [0, 0.05) is 19.1 Å². The maximum absolute atomic E-state index is 11.5. The van der Waals surface area contributed by atoms with Gasteiger partial charge in [0.25, 0.3) is 0 Å². The number of rotatable bonds is 6. The first-order valence-corrected chi connectivity index (χ1v) is 7.11. The minimum atomic E-state index is -0.781. The van der Waals surface area contributed by atoms with Crippen molar-refractivity contribution in [2.45, 2.75) is 39.2 Å². The van der Waals surface area contributed by atoms with Crippen LogP contribution in [0.2, 0.25) is 0 Å². The largest absolute Gasteiger partial charge is 0.351 e. The van der Waals surface area contributed by atoms with Gasteiger partial charge in [-0.1, -0.05) is 20.3 Å². The molecule has 1 saturated heterocycles. The van der Waals surface area contributed by atoms with Gasteiger partial charge in [0.15, 0.2) is 0 Å². The molecule has 1 fully saturated rings. The highest BCUT2D eigenvalue weighted by atomic mass is 16.2. The number of carbonyl (C=O) groups is 2. The molecule has 110 valence electrons. The third-order valence-electron chi connectivity index (χ3n) is 3.63. The summed E-state index contributed by atoms with van der Waals surface area (Å²) in [6.07, 6.45) is 3.27. The van der Waals surface area contributed by atoms with E-state index in [0.29, 0.717) is 12.0 Å². The van der Waals surface area contributed by atoms with Crippen LogP contribution in [0.1, 0.15) is 33.1 Å². The van der Waals surface area contributed by atoms with Gasteiger partial charge >= 0.3 is 6.03 Å². The number of urea groups is 1. The van der Waals surface area contributed by atoms with Crippen LogP contribution in [0.5, 0.6) is 0 Å². The molecule has 0 aliphatic carbocycles. The van der Waals surface area contributed by atoms with Crippen molar-refractivity contribution in [3.05, 3.63) is 0 Å². The molecule has 1 rings (SSSR count). The Hall–Kier alpha value is -1.14. The minimum absolute atomic E-state index is 0.250. The molecule has 6 nitrogen and oxygen atoms in total. The Balaban J connectivity index is 2.40. The molecule has 1 heterocycles. The van der Waals surface area contributed by atoms with Crippen LogP contribution in [-0.4, -0.2) is 49.1 Å². The van der Waals surface area contributed by atoms with E-state index in [1.165, 1.54) is 0 Å². The zero-order chi connectivity index (χ0) is 14.3. The number of hydrogen-bond acceptors (Lipinski definition) is 4. The molecule has 1 aliphatic rings. The van der Waals surface area contributed by atoms with Crippen LogP contribution < -0.4 is 16.4 Å². The second-order valence-corrected chi connectivity index (χ2v) is 5.17. The maximum atomic E-state index is 11.5. The molecule has 0 aromatic carbocycles. The van der Waals surface area contributed by atoms with Crippen molar-refractivity contribution in [1.29, 1.82) is 0 Å². The van der Waals surface area contributed by atoms with Gasteiger partial charge in [-0.25, -0.2) is 4.79 Å². The summed E-state index contributed by atoms with van der Waals surface area (Å²) in [7, 11) is 0. The summed E-state index contributed by atoms with van der Waals surface area (Å²) in [5.41, 5.74) is 4.93. The van der Waals surface area contributed by atoms with Crippen molar-refractivity contribution in [2.24, 2.45) is 11.7 Å². The lowest BCUT2D eigenvalue weighted by Gasteiger charge is -2.38. The Morgan fingerprint density at radius 2 is 2.11 bits per heavy atom. The van der Waals surface area contributed by atoms with Crippen LogP contribution in [0.4, 0.5) is 4.79 Å². The monoisotopic (exact) mass is 270 g/mol. The fraction of sp³-hybridized carbons (Fsp3) is 0.846. The van der Waals surface area contributed by atoms with E-state index in [2.05, 4.69) is 29.4 Å². The molecular weight excluding hydrogens is 244 g/mol. The van der Waals surface area contributed by atoms with Gasteiger partial charge in [0.05, 0.1) is 6.54 Å². The number of likely N-dealkylation sites (tertiary alicyclic amines) is 1. The summed E-state index contributed by atoms with van der Waals surface area (Å²) in [5, 5.41) is 5.69. The van der Waals surface area contributed by atoms with E-state index in [0.717, 1.165) is 38.9 Å². The molecule has 0 radical (unpaired) electrons. The third-order valence-corrected chi connectivity index (χ3v) is 3.63. The number of amides is 3. The van der Waals surface area contributed by atoms with Crippen LogP contribution in [0.3, 0.4) is 0 Å². The normalized spacial score (nSPS) is 24.1. The summed E-state index contributed by atoms with van der Waals surface area (Å²) >= 11 is 0. The summed E-state index contributed by atoms with van der Waals surface area (Å²) in [6.45, 7) is 7.41. The van der Waals surface area contributed by atoms with E-state index in [9.17, 15) is 9.59 Å². The van der Waals surface area contributed by atoms with Crippen molar-refractivity contribution in [3.8, 4) is 0 Å². The minimum Gasteiger partial charge on any atom is -0.351 e. The van der Waals surface area contributed by atoms with Crippen LogP contribution >= 0.6 is 0 Å². The average Bonchev–Trinajstić information content (AvgIpc) is 2.36. The highest BCUT2D eigenvalue weighted by Crippen LogP contribution is 2.20. The van der Waals surface area contributed by atoms with Crippen molar-refractivity contribution >= 4 is 11.9 Å². The maximum Gasteiger partial charge on any atom is 0.318 e. The summed E-state index contributed by atoms with van der Waals surface area (Å²) < 4.78 is 0. The SMILES string of the molecule is CCCNC1CCN(CC(=O)NC(N)=O)CC1CC. The molecule has 0 aromatic rings. The number of imide groups is 1. The van der Waals surface area contributed by atoms with Gasteiger partial charge in [-0.15, -0.1) is 0 Å². The summed E-state index contributed by atoms with van der Waals surface area (Å²) in [5.74, 6) is 0.240. The lowest BCUT2D eigenvalue weighted by molar-refractivity contribution is -0.121. The molecule has 0 aromatic heterocycles. The Bertz CT molecular complexity index is 309. The van der Waals surface area contributed by atoms with Crippen molar-refractivity contribution < 1.29 is 9.59 Å². The van der Waals surface area contributed by atoms with Gasteiger partial charge < -0.3 is 11.1 Å². The van der Waals surface area contributed by atoms with E-state index in [1.54, 1.807) is 0 Å². The predicted octanol–water partition coefficient (Wildman–Crippen LogP) is 0.281. The molecule has 0 bridgehead atoms. The van der Waals surface area contributed by atoms with Gasteiger partial charge in [0.1, 0.15) is 0 Å². The number of carbonyl (C=O) groups excluding carboxylic acids is 2. The number of primary amides is 1. The first-order valence-electron chi connectivity index (χ1n) is 7.11. The van der Waals surface area contributed by atoms with E-state index in [1.807, 2.05) is 0 Å². The molecule has 4 N–H and O–H groups in total. The standard InChI is InChI=1S/C13H26N4O2/c1-3-6-15-11-5-7-17(8-10(11)4-2)9-12(18)16-13(14)19/h10-11,15H,3-9H2,1-2H3,(H3,14,16,18,19). The average molecular weight is 270 g/mol. The van der Waals surface area contributed by atoms with Crippen LogP contribution in [0, 0.1) is 5.92 Å². The molecule has 6 heteroatoms. The smallest absolute Gasteiger partial charge is 0.318 e. The van der Waals surface area contributed by atoms with E-state index >= 15 is 0 Å². The van der Waals surface area contributed by atoms with Crippen LogP contribution in [-0.2, 0) is 4.79 Å². The number of piperidine rings is 1. The number of nitrogens with two attached hydrogens (primary N) is 1. The van der Waals surface area contributed by atoms with Crippen molar-refractivity contribution in [3.63, 3.8) is 0 Å². The topological polar surface area (TPSA) is 87.5 Å². The molecule has 3 amide bonds. The zero-order valence-electron chi connectivity index (χ0n) is 11.9. The first-order chi connectivity index (χ1) is 9.06. The molecule has 2 atom stereocenters. The van der Waals surface area contributed by atoms with Gasteiger partial charge in [-0.05, 0) is 25.3 Å². The number of hydrogen-bond donors (Lipinski definition) is 3. The summed E-state index contributed by atoms with van der Waals surface area (Å²) in [6, 6.07) is -0.239. The molecule has 0 saturated carbocycles. The number of nitrogens with one attached hydrogen (secondary N) is 2. The second kappa shape index (κ2) is 8.12. The highest BCUT2D eigenvalue weighted by Gasteiger charge is 2.28. The predicted molar refractivity (Wildman–Crippen MR) is 74.6 cm³/mol. The fourth-order valence-electron chi connectivity index (χ4n) is 2.64. The fourth-order valence-corrected chi connectivity index (χ4v) is 2.64. The molecule has 0 spiro atoms. The lowest BCUT2D eigenvalue weighted by Crippen LogP contribution is -2.52. The molecule has 19 heavy (non-hydrogen) atoms. The van der Waals surface area contributed by atoms with Crippen molar-refractivity contribution in [1.82, 2.24) is 15.5 Å². The lowest BCUT2D eigenvalue weighted by atomic mass is 9.90. The van der Waals surface area contributed by atoms with E-state index < -0.39 is 6.03 Å². The molecular formula is C13H26N4O2. The Morgan fingerprint density at radius 1 is 1.37 bits per heavy atom. The van der Waals surface area contributed by atoms with Crippen molar-refractivity contribution in [2.75, 3.05) is 26.2 Å². The zero-order valence-corrected chi connectivity index (χ0v) is 11.9. The number of nitrogens with zero attached hydrogens (tertiary/aromatic N) is 1. The highest BCUT2D eigenvalue weighted by molar-refractivity contribution is 5.94. The van der Waals surface area contributed by atoms with Crippen LogP contribution in [0.25, 0.3) is 0 Å². The second-order valence-electron chi connectivity index (χ2n) is 5.17.